The average molecular weight is 184 g/mol. The maximum atomic E-state index is 11.1. The van der Waals surface area contributed by atoms with Crippen molar-refractivity contribution in [2.24, 2.45) is 0 Å². The molecule has 0 fully saturated rings. The number of halogens is 3. The van der Waals surface area contributed by atoms with Crippen LogP contribution in [-0.2, 0) is 4.57 Å². The number of alkyl halides is 3. The van der Waals surface area contributed by atoms with Crippen LogP contribution in [0.4, 0.5) is 13.2 Å². The van der Waals surface area contributed by atoms with E-state index in [-0.39, 0.29) is 0 Å². The zero-order chi connectivity index (χ0) is 8.62. The molecule has 1 N–H and O–H groups in total. The largest absolute Gasteiger partial charge is 0.324 e. The Morgan fingerprint density at radius 3 is 1.80 bits per heavy atom. The summed E-state index contributed by atoms with van der Waals surface area (Å²) in [7, 11) is -0.833. The summed E-state index contributed by atoms with van der Waals surface area (Å²) in [5.74, 6) is 0. The summed E-state index contributed by atoms with van der Waals surface area (Å²) in [4.78, 5) is 6.99. The second-order valence-corrected chi connectivity index (χ2v) is 2.61. The minimum atomic E-state index is -3.91. The Hall–Kier alpha value is 0.850. The van der Waals surface area contributed by atoms with Gasteiger partial charge in [0.1, 0.15) is 0 Å². The Kier molecular flexibility index (Phi) is 10.7. The van der Waals surface area contributed by atoms with Crippen LogP contribution in [-0.4, -0.2) is 39.0 Å². The van der Waals surface area contributed by atoms with Crippen LogP contribution >= 0.6 is 8.69 Å². The van der Waals surface area contributed by atoms with Gasteiger partial charge in [0.2, 0.25) is 0 Å². The predicted octanol–water partition coefficient (Wildman–Crippen LogP) is 1.71. The summed E-state index contributed by atoms with van der Waals surface area (Å²) in [5, 5.41) is 0. The molecule has 7 heteroatoms. The van der Waals surface area contributed by atoms with Crippen molar-refractivity contribution in [2.75, 3.05) is 0 Å². The van der Waals surface area contributed by atoms with E-state index in [0.29, 0.717) is 31.6 Å². The van der Waals surface area contributed by atoms with Gasteiger partial charge in [-0.05, 0) is 0 Å². The summed E-state index contributed by atoms with van der Waals surface area (Å²) >= 11 is 0.650. The normalized spacial score (nSPS) is 10.6. The first kappa shape index (κ1) is 13.4. The summed E-state index contributed by atoms with van der Waals surface area (Å²) < 4.78 is 42.0. The molecule has 0 aliphatic heterocycles. The first-order chi connectivity index (χ1) is 4.47. The Morgan fingerprint density at radius 1 is 1.50 bits per heavy atom. The molecule has 0 atom stereocenters. The molecule has 0 amide bonds. The molecule has 0 aliphatic carbocycles. The number of rotatable bonds is 1. The second-order valence-electron chi connectivity index (χ2n) is 1.45. The second kappa shape index (κ2) is 7.95. The number of hydrogen-bond acceptors (Lipinski definition) is 1. The molecular weight excluding hydrogens is 179 g/mol. The fraction of sp³-hybridized carbons (Fsp3) is 1.00. The quantitative estimate of drug-likeness (QED) is 0.497. The van der Waals surface area contributed by atoms with Crippen LogP contribution in [0.2, 0.25) is 3.67 Å². The first-order valence-corrected chi connectivity index (χ1v) is 4.69. The van der Waals surface area contributed by atoms with E-state index < -0.39 is 21.3 Å². The van der Waals surface area contributed by atoms with Gasteiger partial charge in [-0.3, -0.25) is 0 Å². The van der Waals surface area contributed by atoms with Crippen LogP contribution < -0.4 is 0 Å². The van der Waals surface area contributed by atoms with Crippen LogP contribution in [0.3, 0.4) is 0 Å². The van der Waals surface area contributed by atoms with E-state index in [0.717, 1.165) is 0 Å². The average Bonchev–Trinajstić information content (AvgIpc) is 1.63. The molecule has 0 spiro atoms. The van der Waals surface area contributed by atoms with Crippen LogP contribution in [0.5, 0.6) is 0 Å². The molecule has 0 rings (SSSR count). The smallest absolute Gasteiger partial charge is 0.310 e. The van der Waals surface area contributed by atoms with Crippen molar-refractivity contribution in [1.82, 2.24) is 0 Å². The molecule has 0 radical (unpaired) electrons. The monoisotopic (exact) mass is 184 g/mol. The van der Waals surface area contributed by atoms with E-state index in [1.54, 1.807) is 0 Å². The molecule has 0 unspecified atom stereocenters. The van der Waals surface area contributed by atoms with Crippen molar-refractivity contribution in [3.63, 3.8) is 0 Å². The van der Waals surface area contributed by atoms with Gasteiger partial charge in [0.05, 0.1) is 0 Å². The van der Waals surface area contributed by atoms with Crippen molar-refractivity contribution in [2.45, 2.75) is 16.3 Å². The van der Waals surface area contributed by atoms with E-state index in [1.165, 1.54) is 0 Å². The van der Waals surface area contributed by atoms with Gasteiger partial charge in [0.25, 0.3) is 0 Å². The molecule has 0 aromatic carbocycles. The molecule has 56 valence electrons. The zero-order valence-corrected chi connectivity index (χ0v) is 8.25. The van der Waals surface area contributed by atoms with Gasteiger partial charge < -0.3 is 4.89 Å². The van der Waals surface area contributed by atoms with Gasteiger partial charge in [-0.15, -0.1) is 0 Å². The molecule has 10 heavy (non-hydrogen) atoms. The van der Waals surface area contributed by atoms with E-state index in [2.05, 4.69) is 0 Å². The molecule has 0 aromatic rings. The molecule has 0 aromatic heterocycles. The summed E-state index contributed by atoms with van der Waals surface area (Å²) in [6, 6.07) is 0. The molecule has 0 saturated carbocycles. The molecule has 0 heterocycles. The number of hydrogen-bond donors (Lipinski definition) is 1. The third kappa shape index (κ3) is 23.2. The van der Waals surface area contributed by atoms with Crippen molar-refractivity contribution in [3.05, 3.63) is 0 Å². The van der Waals surface area contributed by atoms with E-state index in [4.69, 9.17) is 9.46 Å². The van der Waals surface area contributed by atoms with E-state index in [1.807, 2.05) is 0 Å². The Labute approximate surface area is 75.5 Å². The maximum absolute atomic E-state index is 11.1. The van der Waals surface area contributed by atoms with Crippen LogP contribution in [0, 0.1) is 0 Å². The van der Waals surface area contributed by atoms with Gasteiger partial charge in [-0.25, -0.2) is 4.57 Å². The fourth-order valence-electron chi connectivity index (χ4n) is 0.283. The SMILES string of the molecule is FC(F)(F)C[CH2][Na].O=PO. The minimum absolute atomic E-state index is 0.323. The van der Waals surface area contributed by atoms with Crippen LogP contribution in [0.1, 0.15) is 6.42 Å². The first-order valence-electron chi connectivity index (χ1n) is 2.51. The van der Waals surface area contributed by atoms with Crippen molar-refractivity contribution in [3.8, 4) is 0 Å². The molecule has 0 bridgehead atoms. The van der Waals surface area contributed by atoms with E-state index in [9.17, 15) is 13.2 Å². The van der Waals surface area contributed by atoms with Gasteiger partial charge in [0.15, 0.2) is 0 Å². The van der Waals surface area contributed by atoms with Gasteiger partial charge in [-0.1, -0.05) is 0 Å². The van der Waals surface area contributed by atoms with Crippen molar-refractivity contribution >= 4 is 36.6 Å². The van der Waals surface area contributed by atoms with Crippen molar-refractivity contribution in [1.29, 1.82) is 0 Å². The molecular formula is C3H5F3NaO2P. The van der Waals surface area contributed by atoms with Gasteiger partial charge in [-0.2, -0.15) is 0 Å². The summed E-state index contributed by atoms with van der Waals surface area (Å²) in [5.41, 5.74) is 0. The third-order valence-electron chi connectivity index (χ3n) is 0.533. The van der Waals surface area contributed by atoms with E-state index >= 15 is 0 Å². The molecule has 2 nitrogen and oxygen atoms in total. The Morgan fingerprint density at radius 2 is 1.80 bits per heavy atom. The fourth-order valence-corrected chi connectivity index (χ4v) is 0.850. The topological polar surface area (TPSA) is 37.3 Å². The third-order valence-corrected chi connectivity index (χ3v) is 1.03. The zero-order valence-electron chi connectivity index (χ0n) is 5.35. The molecule has 0 aliphatic rings. The van der Waals surface area contributed by atoms with Crippen molar-refractivity contribution < 1.29 is 22.6 Å². The Balaban J connectivity index is 0. The Bertz CT molecular complexity index is 86.3. The molecule has 0 saturated heterocycles. The van der Waals surface area contributed by atoms with Crippen LogP contribution in [0.15, 0.2) is 0 Å². The van der Waals surface area contributed by atoms with Gasteiger partial charge >= 0.3 is 66.1 Å². The maximum Gasteiger partial charge on any atom is 0.324 e. The minimum Gasteiger partial charge on any atom is -0.310 e. The van der Waals surface area contributed by atoms with Crippen LogP contribution in [0.25, 0.3) is 0 Å². The standard InChI is InChI=1S/C3H4F3.Na.HO2P/c1-2-3(4,5)6;;1-3-2/h1-2H2;;(H,1,2). The summed E-state index contributed by atoms with van der Waals surface area (Å²) in [6.07, 6.45) is -4.51. The summed E-state index contributed by atoms with van der Waals surface area (Å²) in [6.45, 7) is 0. The van der Waals surface area contributed by atoms with Gasteiger partial charge in [0, 0.05) is 0 Å². The predicted molar refractivity (Wildman–Crippen MR) is 31.1 cm³/mol.